The number of benzene rings is 1. The highest BCUT2D eigenvalue weighted by molar-refractivity contribution is 5.78. The summed E-state index contributed by atoms with van der Waals surface area (Å²) < 4.78 is 5.65. The smallest absolute Gasteiger partial charge is 0.258 e. The third kappa shape index (κ3) is 3.97. The van der Waals surface area contributed by atoms with E-state index in [9.17, 15) is 4.79 Å². The quantitative estimate of drug-likeness (QED) is 0.838. The van der Waals surface area contributed by atoms with Crippen LogP contribution in [0.1, 0.15) is 31.9 Å². The Morgan fingerprint density at radius 3 is 2.35 bits per heavy atom. The fourth-order valence-corrected chi connectivity index (χ4v) is 1.95. The van der Waals surface area contributed by atoms with Gasteiger partial charge in [0.2, 0.25) is 0 Å². The maximum atomic E-state index is 12.0. The lowest BCUT2D eigenvalue weighted by Gasteiger charge is -2.33. The van der Waals surface area contributed by atoms with Crippen molar-refractivity contribution in [3.8, 4) is 5.75 Å². The van der Waals surface area contributed by atoms with Crippen molar-refractivity contribution in [2.45, 2.75) is 40.2 Å². The van der Waals surface area contributed by atoms with Gasteiger partial charge in [0.1, 0.15) is 5.75 Å². The van der Waals surface area contributed by atoms with Crippen molar-refractivity contribution in [2.75, 3.05) is 13.2 Å². The molecule has 20 heavy (non-hydrogen) atoms. The molecule has 3 N–H and O–H groups in total. The van der Waals surface area contributed by atoms with Crippen molar-refractivity contribution in [1.82, 2.24) is 5.32 Å². The summed E-state index contributed by atoms with van der Waals surface area (Å²) in [6, 6.07) is 5.92. The highest BCUT2D eigenvalue weighted by Crippen LogP contribution is 2.22. The number of carbonyl (C=O) groups is 1. The minimum absolute atomic E-state index is 0.00794. The van der Waals surface area contributed by atoms with Crippen LogP contribution < -0.4 is 15.8 Å². The largest absolute Gasteiger partial charge is 0.483 e. The maximum absolute atomic E-state index is 12.0. The average molecular weight is 278 g/mol. The number of para-hydroxylation sites is 1. The third-order valence-electron chi connectivity index (χ3n) is 3.88. The fraction of sp³-hybridized carbons (Fsp3) is 0.562. The summed E-state index contributed by atoms with van der Waals surface area (Å²) >= 11 is 0. The van der Waals surface area contributed by atoms with Crippen LogP contribution in [0.15, 0.2) is 18.2 Å². The Morgan fingerprint density at radius 1 is 1.35 bits per heavy atom. The predicted octanol–water partition coefficient (Wildman–Crippen LogP) is 2.17. The van der Waals surface area contributed by atoms with Crippen LogP contribution in [0.25, 0.3) is 0 Å². The minimum atomic E-state index is -0.402. The lowest BCUT2D eigenvalue weighted by Crippen LogP contribution is -2.56. The summed E-state index contributed by atoms with van der Waals surface area (Å²) in [6.45, 7) is 10.4. The van der Waals surface area contributed by atoms with Crippen LogP contribution in [0.5, 0.6) is 5.75 Å². The standard InChI is InChI=1S/C16H26N2O2/c1-11(2)16(5,10-17)18-14(19)9-20-15-12(3)7-6-8-13(15)4/h6-8,11H,9-10,17H2,1-5H3,(H,18,19). The Bertz CT molecular complexity index is 451. The molecule has 0 aliphatic heterocycles. The van der Waals surface area contributed by atoms with E-state index >= 15 is 0 Å². The molecule has 4 heteroatoms. The van der Waals surface area contributed by atoms with E-state index in [0.29, 0.717) is 6.54 Å². The van der Waals surface area contributed by atoms with Gasteiger partial charge in [-0.15, -0.1) is 0 Å². The summed E-state index contributed by atoms with van der Waals surface area (Å²) in [4.78, 5) is 12.0. The zero-order valence-electron chi connectivity index (χ0n) is 13.1. The molecule has 1 amide bonds. The van der Waals surface area contributed by atoms with Gasteiger partial charge in [0, 0.05) is 6.54 Å². The molecule has 0 aliphatic carbocycles. The summed E-state index contributed by atoms with van der Waals surface area (Å²) in [5.74, 6) is 0.896. The monoisotopic (exact) mass is 278 g/mol. The Labute approximate surface area is 121 Å². The van der Waals surface area contributed by atoms with Gasteiger partial charge in [-0.3, -0.25) is 4.79 Å². The number of aryl methyl sites for hydroxylation is 2. The number of nitrogens with two attached hydrogens (primary N) is 1. The van der Waals surface area contributed by atoms with Gasteiger partial charge in [-0.25, -0.2) is 0 Å². The summed E-state index contributed by atoms with van der Waals surface area (Å²) in [5.41, 5.74) is 7.42. The fourth-order valence-electron chi connectivity index (χ4n) is 1.95. The molecule has 1 aromatic rings. The summed E-state index contributed by atoms with van der Waals surface area (Å²) in [5, 5.41) is 2.96. The lowest BCUT2D eigenvalue weighted by atomic mass is 9.88. The molecule has 112 valence electrons. The first-order chi connectivity index (χ1) is 9.30. The van der Waals surface area contributed by atoms with E-state index in [0.717, 1.165) is 16.9 Å². The van der Waals surface area contributed by atoms with Crippen molar-refractivity contribution in [3.63, 3.8) is 0 Å². The van der Waals surface area contributed by atoms with Crippen LogP contribution in [-0.2, 0) is 4.79 Å². The molecule has 0 bridgehead atoms. The molecular weight excluding hydrogens is 252 g/mol. The first kappa shape index (κ1) is 16.5. The van der Waals surface area contributed by atoms with E-state index < -0.39 is 5.54 Å². The van der Waals surface area contributed by atoms with Gasteiger partial charge in [0.15, 0.2) is 6.61 Å². The first-order valence-electron chi connectivity index (χ1n) is 7.00. The molecule has 0 aromatic heterocycles. The SMILES string of the molecule is Cc1cccc(C)c1OCC(=O)NC(C)(CN)C(C)C. The van der Waals surface area contributed by atoms with Crippen molar-refractivity contribution in [3.05, 3.63) is 29.3 Å². The van der Waals surface area contributed by atoms with E-state index in [1.807, 2.05) is 52.8 Å². The average Bonchev–Trinajstić information content (AvgIpc) is 2.37. The molecule has 0 saturated heterocycles. The van der Waals surface area contributed by atoms with Gasteiger partial charge in [0.05, 0.1) is 5.54 Å². The summed E-state index contributed by atoms with van der Waals surface area (Å²) in [6.07, 6.45) is 0. The molecule has 1 rings (SSSR count). The molecule has 4 nitrogen and oxygen atoms in total. The van der Waals surface area contributed by atoms with Gasteiger partial charge in [-0.1, -0.05) is 32.0 Å². The lowest BCUT2D eigenvalue weighted by molar-refractivity contribution is -0.125. The second-order valence-corrected chi connectivity index (χ2v) is 5.83. The number of rotatable bonds is 6. The second kappa shape index (κ2) is 6.75. The molecule has 1 atom stereocenters. The van der Waals surface area contributed by atoms with E-state index in [1.54, 1.807) is 0 Å². The van der Waals surface area contributed by atoms with Gasteiger partial charge >= 0.3 is 0 Å². The zero-order chi connectivity index (χ0) is 15.3. The van der Waals surface area contributed by atoms with Gasteiger partial charge in [-0.2, -0.15) is 0 Å². The minimum Gasteiger partial charge on any atom is -0.483 e. The highest BCUT2D eigenvalue weighted by Gasteiger charge is 2.28. The van der Waals surface area contributed by atoms with E-state index in [1.165, 1.54) is 0 Å². The number of hydrogen-bond donors (Lipinski definition) is 2. The van der Waals surface area contributed by atoms with Crippen molar-refractivity contribution < 1.29 is 9.53 Å². The Morgan fingerprint density at radius 2 is 1.90 bits per heavy atom. The molecule has 0 spiro atoms. The normalized spacial score (nSPS) is 13.9. The van der Waals surface area contributed by atoms with Crippen LogP contribution in [0.4, 0.5) is 0 Å². The Balaban J connectivity index is 2.64. The molecule has 0 fully saturated rings. The molecule has 1 aromatic carbocycles. The van der Waals surface area contributed by atoms with Crippen LogP contribution in [0.2, 0.25) is 0 Å². The van der Waals surface area contributed by atoms with Gasteiger partial charge in [-0.05, 0) is 37.8 Å². The maximum Gasteiger partial charge on any atom is 0.258 e. The second-order valence-electron chi connectivity index (χ2n) is 5.83. The van der Waals surface area contributed by atoms with Gasteiger partial charge in [0.25, 0.3) is 5.91 Å². The topological polar surface area (TPSA) is 64.3 Å². The molecule has 0 radical (unpaired) electrons. The molecule has 0 heterocycles. The number of carbonyl (C=O) groups excluding carboxylic acids is 1. The van der Waals surface area contributed by atoms with E-state index in [2.05, 4.69) is 5.32 Å². The molecule has 0 aliphatic rings. The number of ether oxygens (including phenoxy) is 1. The van der Waals surface area contributed by atoms with Gasteiger partial charge < -0.3 is 15.8 Å². The van der Waals surface area contributed by atoms with E-state index in [4.69, 9.17) is 10.5 Å². The Kier molecular flexibility index (Phi) is 5.57. The third-order valence-corrected chi connectivity index (χ3v) is 3.88. The van der Waals surface area contributed by atoms with Crippen LogP contribution in [0, 0.1) is 19.8 Å². The van der Waals surface area contributed by atoms with Crippen molar-refractivity contribution in [1.29, 1.82) is 0 Å². The van der Waals surface area contributed by atoms with Crippen LogP contribution >= 0.6 is 0 Å². The Hall–Kier alpha value is -1.55. The van der Waals surface area contributed by atoms with Crippen LogP contribution in [0.3, 0.4) is 0 Å². The molecular formula is C16H26N2O2. The summed E-state index contributed by atoms with van der Waals surface area (Å²) in [7, 11) is 0. The molecule has 1 unspecified atom stereocenters. The molecule has 0 saturated carbocycles. The van der Waals surface area contributed by atoms with Crippen LogP contribution in [-0.4, -0.2) is 24.6 Å². The number of nitrogens with one attached hydrogen (secondary N) is 1. The number of hydrogen-bond acceptors (Lipinski definition) is 3. The predicted molar refractivity (Wildman–Crippen MR) is 81.9 cm³/mol. The van der Waals surface area contributed by atoms with Crippen molar-refractivity contribution in [2.24, 2.45) is 11.7 Å². The number of amides is 1. The highest BCUT2D eigenvalue weighted by atomic mass is 16.5. The zero-order valence-corrected chi connectivity index (χ0v) is 13.1. The first-order valence-corrected chi connectivity index (χ1v) is 7.00. The van der Waals surface area contributed by atoms with E-state index in [-0.39, 0.29) is 18.4 Å². The van der Waals surface area contributed by atoms with Crippen molar-refractivity contribution >= 4 is 5.91 Å².